The minimum Gasteiger partial charge on any atom is -0.503 e. The van der Waals surface area contributed by atoms with Crippen molar-refractivity contribution < 1.29 is 19.4 Å². The minimum absolute atomic E-state index is 0.180. The molecule has 0 amide bonds. The second kappa shape index (κ2) is 8.39. The maximum Gasteiger partial charge on any atom is 0.302 e. The number of Topliss-reactive ketones (excluding diaryl/α,β-unsaturated/α-hetero) is 1. The lowest BCUT2D eigenvalue weighted by Gasteiger charge is -2.22. The van der Waals surface area contributed by atoms with Crippen molar-refractivity contribution >= 4 is 28.9 Å². The molecule has 0 saturated heterocycles. The Bertz CT molecular complexity index is 1310. The molecule has 8 nitrogen and oxygen atoms in total. The smallest absolute Gasteiger partial charge is 0.302 e. The number of hydrogen-bond donors (Lipinski definition) is 1. The van der Waals surface area contributed by atoms with E-state index in [2.05, 4.69) is 0 Å². The Labute approximate surface area is 182 Å². The van der Waals surface area contributed by atoms with Gasteiger partial charge in [0.1, 0.15) is 6.61 Å². The number of fused-ring (bicyclic) bond motifs is 1. The zero-order valence-electron chi connectivity index (χ0n) is 17.2. The molecule has 0 spiro atoms. The molecule has 162 valence electrons. The molecule has 9 heteroatoms. The third-order valence-corrected chi connectivity index (χ3v) is 5.05. The number of carbonyl (C=O) groups is 2. The second-order valence-corrected chi connectivity index (χ2v) is 8.27. The van der Waals surface area contributed by atoms with Gasteiger partial charge in [-0.05, 0) is 31.5 Å². The van der Waals surface area contributed by atoms with Crippen LogP contribution in [0, 0.1) is 5.41 Å². The van der Waals surface area contributed by atoms with Crippen LogP contribution in [0.1, 0.15) is 36.7 Å². The molecule has 3 rings (SSSR count). The van der Waals surface area contributed by atoms with Gasteiger partial charge in [-0.25, -0.2) is 0 Å². The van der Waals surface area contributed by atoms with Crippen molar-refractivity contribution in [3.8, 4) is 5.75 Å². The van der Waals surface area contributed by atoms with Gasteiger partial charge in [-0.3, -0.25) is 19.2 Å². The van der Waals surface area contributed by atoms with Crippen molar-refractivity contribution in [2.24, 2.45) is 5.41 Å². The first kappa shape index (κ1) is 22.3. The van der Waals surface area contributed by atoms with Gasteiger partial charge >= 0.3 is 5.97 Å². The van der Waals surface area contributed by atoms with E-state index < -0.39 is 33.9 Å². The highest BCUT2D eigenvalue weighted by Crippen LogP contribution is 2.23. The number of halogens is 1. The maximum absolute atomic E-state index is 12.9. The lowest BCUT2D eigenvalue weighted by atomic mass is 9.85. The molecule has 2 aromatic heterocycles. The van der Waals surface area contributed by atoms with E-state index in [1.807, 2.05) is 0 Å². The summed E-state index contributed by atoms with van der Waals surface area (Å²) in [4.78, 5) is 49.6. The summed E-state index contributed by atoms with van der Waals surface area (Å²) in [6, 6.07) is 6.96. The molecule has 0 saturated carbocycles. The number of aromatic nitrogens is 2. The number of carbonyl (C=O) groups excluding carboxylic acids is 2. The van der Waals surface area contributed by atoms with Crippen LogP contribution in [0.15, 0.2) is 52.4 Å². The summed E-state index contributed by atoms with van der Waals surface area (Å²) in [6.07, 6.45) is 4.16. The van der Waals surface area contributed by atoms with Gasteiger partial charge < -0.3 is 18.8 Å². The Balaban J connectivity index is 2.06. The molecular weight excluding hydrogens is 424 g/mol. The third kappa shape index (κ3) is 4.54. The standard InChI is InChI=1S/C22H21ClN2O6/c1-13(26)31-12-22(2,3)20(29)16-11-24-7-8-25(10-14-5-4-6-15(23)9-14)21(30)17(24)19(28)18(16)27/h4-9,11,28H,10,12H2,1-3H3. The average Bonchev–Trinajstić information content (AvgIpc) is 2.70. The van der Waals surface area contributed by atoms with Crippen molar-refractivity contribution in [1.82, 2.24) is 8.97 Å². The molecule has 3 aromatic rings. The summed E-state index contributed by atoms with van der Waals surface area (Å²) in [5, 5.41) is 11.0. The highest BCUT2D eigenvalue weighted by atomic mass is 35.5. The maximum atomic E-state index is 12.9. The summed E-state index contributed by atoms with van der Waals surface area (Å²) in [6.45, 7) is 4.20. The molecule has 2 heterocycles. The summed E-state index contributed by atoms with van der Waals surface area (Å²) in [5.41, 5.74) is -2.55. The Morgan fingerprint density at radius 2 is 1.90 bits per heavy atom. The van der Waals surface area contributed by atoms with Gasteiger partial charge in [-0.1, -0.05) is 23.7 Å². The van der Waals surface area contributed by atoms with Crippen molar-refractivity contribution in [2.45, 2.75) is 27.3 Å². The molecule has 0 aliphatic heterocycles. The van der Waals surface area contributed by atoms with Crippen LogP contribution in [0.3, 0.4) is 0 Å². The number of ketones is 1. The van der Waals surface area contributed by atoms with E-state index >= 15 is 0 Å². The minimum atomic E-state index is -1.20. The van der Waals surface area contributed by atoms with E-state index in [0.717, 1.165) is 5.56 Å². The third-order valence-electron chi connectivity index (χ3n) is 4.82. The van der Waals surface area contributed by atoms with Gasteiger partial charge in [0.05, 0.1) is 17.5 Å². The molecule has 0 bridgehead atoms. The molecule has 1 aromatic carbocycles. The fourth-order valence-electron chi connectivity index (χ4n) is 3.14. The number of aromatic hydroxyl groups is 1. The topological polar surface area (TPSA) is 107 Å². The van der Waals surface area contributed by atoms with E-state index in [4.69, 9.17) is 16.3 Å². The number of hydrogen-bond acceptors (Lipinski definition) is 6. The SMILES string of the molecule is CC(=O)OCC(C)(C)C(=O)c1cn2ccn(Cc3cccc(Cl)c3)c(=O)c2c(O)c1=O. The Hall–Kier alpha value is -3.39. The fraction of sp³-hybridized carbons (Fsp3) is 0.273. The Kier molecular flexibility index (Phi) is 6.03. The van der Waals surface area contributed by atoms with Crippen molar-refractivity contribution in [3.05, 3.63) is 79.6 Å². The molecule has 0 unspecified atom stereocenters. The number of ether oxygens (including phenoxy) is 1. The van der Waals surface area contributed by atoms with Gasteiger partial charge in [0.15, 0.2) is 17.0 Å². The lowest BCUT2D eigenvalue weighted by Crippen LogP contribution is -2.35. The van der Waals surface area contributed by atoms with Gasteiger partial charge in [-0.15, -0.1) is 0 Å². The van der Waals surface area contributed by atoms with Gasteiger partial charge in [0.2, 0.25) is 5.43 Å². The number of rotatable bonds is 6. The quantitative estimate of drug-likeness (QED) is 0.462. The summed E-state index contributed by atoms with van der Waals surface area (Å²) in [5.74, 6) is -2.00. The first-order valence-corrected chi connectivity index (χ1v) is 9.79. The predicted molar refractivity (Wildman–Crippen MR) is 115 cm³/mol. The number of nitrogens with zero attached hydrogens (tertiary/aromatic N) is 2. The van der Waals surface area contributed by atoms with Crippen molar-refractivity contribution in [1.29, 1.82) is 0 Å². The largest absolute Gasteiger partial charge is 0.503 e. The average molecular weight is 445 g/mol. The first-order valence-electron chi connectivity index (χ1n) is 9.41. The number of esters is 1. The van der Waals surface area contributed by atoms with Crippen LogP contribution in [0.25, 0.3) is 5.52 Å². The molecular formula is C22H21ClN2O6. The molecule has 0 aliphatic rings. The second-order valence-electron chi connectivity index (χ2n) is 7.83. The molecule has 0 radical (unpaired) electrons. The predicted octanol–water partition coefficient (Wildman–Crippen LogP) is 2.64. The normalized spacial score (nSPS) is 11.5. The molecule has 0 fully saturated rings. The van der Waals surface area contributed by atoms with Gasteiger partial charge in [-0.2, -0.15) is 0 Å². The highest BCUT2D eigenvalue weighted by Gasteiger charge is 2.33. The monoisotopic (exact) mass is 444 g/mol. The summed E-state index contributed by atoms with van der Waals surface area (Å²) >= 11 is 5.98. The number of pyridine rings is 1. The van der Waals surface area contributed by atoms with Crippen LogP contribution < -0.4 is 11.0 Å². The zero-order valence-corrected chi connectivity index (χ0v) is 18.0. The van der Waals surface area contributed by atoms with Gasteiger partial charge in [0.25, 0.3) is 5.56 Å². The molecule has 0 aliphatic carbocycles. The van der Waals surface area contributed by atoms with Crippen LogP contribution in [0.5, 0.6) is 5.75 Å². The van der Waals surface area contributed by atoms with E-state index in [9.17, 15) is 24.3 Å². The first-order chi connectivity index (χ1) is 14.5. The van der Waals surface area contributed by atoms with Crippen LogP contribution in [0.2, 0.25) is 5.02 Å². The van der Waals surface area contributed by atoms with Gasteiger partial charge in [0, 0.05) is 30.5 Å². The number of benzene rings is 1. The lowest BCUT2D eigenvalue weighted by molar-refractivity contribution is -0.143. The van der Waals surface area contributed by atoms with Crippen LogP contribution >= 0.6 is 11.6 Å². The summed E-state index contributed by atoms with van der Waals surface area (Å²) < 4.78 is 7.48. The van der Waals surface area contributed by atoms with Crippen molar-refractivity contribution in [3.63, 3.8) is 0 Å². The van der Waals surface area contributed by atoms with Crippen LogP contribution in [-0.4, -0.2) is 32.4 Å². The molecule has 31 heavy (non-hydrogen) atoms. The van der Waals surface area contributed by atoms with E-state index in [-0.39, 0.29) is 24.2 Å². The van der Waals surface area contributed by atoms with E-state index in [1.54, 1.807) is 24.3 Å². The van der Waals surface area contributed by atoms with E-state index in [1.165, 1.54) is 48.3 Å². The van der Waals surface area contributed by atoms with Crippen molar-refractivity contribution in [2.75, 3.05) is 6.61 Å². The highest BCUT2D eigenvalue weighted by molar-refractivity contribution is 6.30. The fourth-order valence-corrected chi connectivity index (χ4v) is 3.35. The molecule has 0 atom stereocenters. The Morgan fingerprint density at radius 3 is 2.55 bits per heavy atom. The van der Waals surface area contributed by atoms with Crippen LogP contribution in [0.4, 0.5) is 0 Å². The summed E-state index contributed by atoms with van der Waals surface area (Å²) in [7, 11) is 0. The van der Waals surface area contributed by atoms with E-state index in [0.29, 0.717) is 5.02 Å². The zero-order chi connectivity index (χ0) is 22.9. The van der Waals surface area contributed by atoms with Crippen LogP contribution in [-0.2, 0) is 16.1 Å². The molecule has 1 N–H and O–H groups in total. The Morgan fingerprint density at radius 1 is 1.19 bits per heavy atom.